The van der Waals surface area contributed by atoms with Crippen LogP contribution in [0.5, 0.6) is 0 Å². The minimum atomic E-state index is -1.08. The van der Waals surface area contributed by atoms with Crippen molar-refractivity contribution in [3.63, 3.8) is 0 Å². The van der Waals surface area contributed by atoms with E-state index >= 15 is 0 Å². The number of pyridine rings is 1. The van der Waals surface area contributed by atoms with Crippen LogP contribution in [0.15, 0.2) is 24.5 Å². The molecule has 0 aliphatic rings. The Morgan fingerprint density at radius 3 is 2.72 bits per heavy atom. The molecule has 2 aromatic rings. The van der Waals surface area contributed by atoms with Gasteiger partial charge in [-0.2, -0.15) is 5.10 Å². The number of hydrogen-bond donors (Lipinski definition) is 1. The molecule has 2 heterocycles. The van der Waals surface area contributed by atoms with Crippen molar-refractivity contribution in [1.29, 1.82) is 0 Å². The summed E-state index contributed by atoms with van der Waals surface area (Å²) in [5.41, 5.74) is 0.914. The van der Waals surface area contributed by atoms with Gasteiger partial charge in [0.25, 0.3) is 0 Å². The molecule has 94 valence electrons. The summed E-state index contributed by atoms with van der Waals surface area (Å²) < 4.78 is 1.49. The highest BCUT2D eigenvalue weighted by Crippen LogP contribution is 2.23. The molecule has 0 saturated heterocycles. The molecular formula is C12H12ClN3O2. The zero-order valence-electron chi connectivity index (χ0n) is 9.96. The Morgan fingerprint density at radius 1 is 1.44 bits per heavy atom. The molecule has 0 fully saturated rings. The van der Waals surface area contributed by atoms with Crippen molar-refractivity contribution in [1.82, 2.24) is 14.8 Å². The lowest BCUT2D eigenvalue weighted by Crippen LogP contribution is -2.05. The number of carboxylic acid groups (broad SMARTS) is 1. The Labute approximate surface area is 109 Å². The van der Waals surface area contributed by atoms with Gasteiger partial charge in [0.05, 0.1) is 16.3 Å². The van der Waals surface area contributed by atoms with Crippen LogP contribution in [-0.4, -0.2) is 25.8 Å². The first-order chi connectivity index (χ1) is 8.50. The lowest BCUT2D eigenvalue weighted by Gasteiger charge is -2.05. The average Bonchev–Trinajstić information content (AvgIpc) is 2.78. The van der Waals surface area contributed by atoms with E-state index in [1.807, 2.05) is 19.9 Å². The molecule has 0 aromatic carbocycles. The van der Waals surface area contributed by atoms with E-state index in [9.17, 15) is 4.79 Å². The molecule has 0 atom stereocenters. The van der Waals surface area contributed by atoms with E-state index in [0.717, 1.165) is 5.69 Å². The number of carboxylic acids is 1. The van der Waals surface area contributed by atoms with Crippen LogP contribution in [0.2, 0.25) is 5.02 Å². The summed E-state index contributed by atoms with van der Waals surface area (Å²) in [6, 6.07) is 3.22. The van der Waals surface area contributed by atoms with Crippen molar-refractivity contribution in [2.24, 2.45) is 0 Å². The van der Waals surface area contributed by atoms with Crippen LogP contribution < -0.4 is 0 Å². The monoisotopic (exact) mass is 265 g/mol. The van der Waals surface area contributed by atoms with Crippen LogP contribution in [0.4, 0.5) is 0 Å². The highest BCUT2D eigenvalue weighted by atomic mass is 35.5. The first kappa shape index (κ1) is 12.6. The van der Waals surface area contributed by atoms with Gasteiger partial charge in [0.2, 0.25) is 0 Å². The Morgan fingerprint density at radius 2 is 2.17 bits per heavy atom. The highest BCUT2D eigenvalue weighted by molar-refractivity contribution is 6.35. The third-order valence-electron chi connectivity index (χ3n) is 2.52. The topological polar surface area (TPSA) is 68.0 Å². The van der Waals surface area contributed by atoms with E-state index < -0.39 is 5.97 Å². The molecule has 0 unspecified atom stereocenters. The normalized spacial score (nSPS) is 10.9. The van der Waals surface area contributed by atoms with Crippen LogP contribution in [0, 0.1) is 0 Å². The molecule has 1 N–H and O–H groups in total. The Kier molecular flexibility index (Phi) is 3.34. The molecule has 2 aromatic heterocycles. The van der Waals surface area contributed by atoms with Crippen molar-refractivity contribution >= 4 is 17.6 Å². The van der Waals surface area contributed by atoms with Gasteiger partial charge in [-0.15, -0.1) is 0 Å². The summed E-state index contributed by atoms with van der Waals surface area (Å²) in [5.74, 6) is -0.476. The number of aromatic nitrogens is 3. The Hall–Kier alpha value is -1.88. The molecule has 0 aliphatic heterocycles. The molecule has 0 radical (unpaired) electrons. The SMILES string of the molecule is CC(C)c1ccn(-c2nccc(C(=O)O)c2Cl)n1. The molecule has 0 bridgehead atoms. The summed E-state index contributed by atoms with van der Waals surface area (Å²) in [7, 11) is 0. The van der Waals surface area contributed by atoms with Crippen LogP contribution in [-0.2, 0) is 0 Å². The predicted molar refractivity (Wildman–Crippen MR) is 67.4 cm³/mol. The van der Waals surface area contributed by atoms with Gasteiger partial charge < -0.3 is 5.11 Å². The number of hydrogen-bond acceptors (Lipinski definition) is 3. The zero-order chi connectivity index (χ0) is 13.3. The second-order valence-electron chi connectivity index (χ2n) is 4.14. The molecule has 0 aliphatic carbocycles. The highest BCUT2D eigenvalue weighted by Gasteiger charge is 2.15. The number of aromatic carboxylic acids is 1. The molecular weight excluding hydrogens is 254 g/mol. The quantitative estimate of drug-likeness (QED) is 0.926. The van der Waals surface area contributed by atoms with Gasteiger partial charge >= 0.3 is 5.97 Å². The van der Waals surface area contributed by atoms with Gasteiger partial charge in [0.15, 0.2) is 5.82 Å². The second-order valence-corrected chi connectivity index (χ2v) is 4.52. The van der Waals surface area contributed by atoms with Gasteiger partial charge in [0, 0.05) is 12.4 Å². The molecule has 18 heavy (non-hydrogen) atoms. The van der Waals surface area contributed by atoms with E-state index in [1.165, 1.54) is 16.9 Å². The molecule has 0 amide bonds. The van der Waals surface area contributed by atoms with Crippen molar-refractivity contribution < 1.29 is 9.90 Å². The summed E-state index contributed by atoms with van der Waals surface area (Å²) in [4.78, 5) is 15.0. The van der Waals surface area contributed by atoms with Gasteiger partial charge in [-0.05, 0) is 18.1 Å². The number of halogens is 1. The second kappa shape index (κ2) is 4.78. The number of nitrogens with zero attached hydrogens (tertiary/aromatic N) is 3. The fourth-order valence-corrected chi connectivity index (χ4v) is 1.80. The maximum Gasteiger partial charge on any atom is 0.337 e. The van der Waals surface area contributed by atoms with E-state index in [2.05, 4.69) is 10.1 Å². The lowest BCUT2D eigenvalue weighted by atomic mass is 10.1. The van der Waals surface area contributed by atoms with Crippen LogP contribution in [0.25, 0.3) is 5.82 Å². The summed E-state index contributed by atoms with van der Waals surface area (Å²) in [6.45, 7) is 4.05. The van der Waals surface area contributed by atoms with Gasteiger partial charge in [-0.3, -0.25) is 0 Å². The first-order valence-electron chi connectivity index (χ1n) is 5.44. The third kappa shape index (κ3) is 2.22. The minimum absolute atomic E-state index is 0.0169. The maximum atomic E-state index is 11.0. The van der Waals surface area contributed by atoms with E-state index in [1.54, 1.807) is 6.20 Å². The zero-order valence-corrected chi connectivity index (χ0v) is 10.7. The van der Waals surface area contributed by atoms with Gasteiger partial charge in [0.1, 0.15) is 0 Å². The fraction of sp³-hybridized carbons (Fsp3) is 0.250. The van der Waals surface area contributed by atoms with Crippen LogP contribution in [0.3, 0.4) is 0 Å². The lowest BCUT2D eigenvalue weighted by molar-refractivity contribution is 0.0697. The first-order valence-corrected chi connectivity index (χ1v) is 5.82. The minimum Gasteiger partial charge on any atom is -0.478 e. The van der Waals surface area contributed by atoms with Gasteiger partial charge in [-0.25, -0.2) is 14.5 Å². The molecule has 0 spiro atoms. The van der Waals surface area contributed by atoms with Crippen LogP contribution in [0.1, 0.15) is 35.8 Å². The molecule has 2 rings (SSSR count). The Bertz CT molecular complexity index is 593. The van der Waals surface area contributed by atoms with E-state index in [4.69, 9.17) is 16.7 Å². The third-order valence-corrected chi connectivity index (χ3v) is 2.89. The van der Waals surface area contributed by atoms with Crippen molar-refractivity contribution in [2.45, 2.75) is 19.8 Å². The fourth-order valence-electron chi connectivity index (χ4n) is 1.52. The number of carbonyl (C=O) groups is 1. The average molecular weight is 266 g/mol. The predicted octanol–water partition coefficient (Wildman–Crippen LogP) is 2.74. The number of rotatable bonds is 3. The summed E-state index contributed by atoms with van der Waals surface area (Å²) >= 11 is 6.02. The van der Waals surface area contributed by atoms with Crippen molar-refractivity contribution in [3.8, 4) is 5.82 Å². The molecule has 0 saturated carbocycles. The van der Waals surface area contributed by atoms with Crippen LogP contribution >= 0.6 is 11.6 Å². The van der Waals surface area contributed by atoms with E-state index in [0.29, 0.717) is 5.82 Å². The standard InChI is InChI=1S/C12H12ClN3O2/c1-7(2)9-4-6-16(15-9)11-10(13)8(12(17)18)3-5-14-11/h3-7H,1-2H3,(H,17,18). The molecule has 6 heteroatoms. The van der Waals surface area contributed by atoms with Crippen molar-refractivity contribution in [3.05, 3.63) is 40.8 Å². The maximum absolute atomic E-state index is 11.0. The van der Waals surface area contributed by atoms with Crippen molar-refractivity contribution in [2.75, 3.05) is 0 Å². The Balaban J connectivity index is 2.50. The summed E-state index contributed by atoms with van der Waals surface area (Å²) in [6.07, 6.45) is 3.12. The smallest absolute Gasteiger partial charge is 0.337 e. The van der Waals surface area contributed by atoms with E-state index in [-0.39, 0.29) is 16.5 Å². The molecule has 5 nitrogen and oxygen atoms in total. The van der Waals surface area contributed by atoms with Gasteiger partial charge in [-0.1, -0.05) is 25.4 Å². The largest absolute Gasteiger partial charge is 0.478 e. The summed E-state index contributed by atoms with van der Waals surface area (Å²) in [5, 5.41) is 13.4.